The van der Waals surface area contributed by atoms with Gasteiger partial charge in [-0.25, -0.2) is 0 Å². The molecule has 30 heavy (non-hydrogen) atoms. The average molecular weight is 396 g/mol. The first-order chi connectivity index (χ1) is 14.5. The number of benzene rings is 2. The van der Waals surface area contributed by atoms with Crippen molar-refractivity contribution in [2.75, 3.05) is 16.8 Å². The number of aromatic nitrogens is 1. The van der Waals surface area contributed by atoms with E-state index in [9.17, 15) is 10.1 Å². The van der Waals surface area contributed by atoms with Gasteiger partial charge in [-0.05, 0) is 43.7 Å². The molecule has 0 saturated carbocycles. The Hall–Kier alpha value is -3.85. The number of para-hydroxylation sites is 1. The van der Waals surface area contributed by atoms with E-state index in [2.05, 4.69) is 28.3 Å². The summed E-state index contributed by atoms with van der Waals surface area (Å²) in [5, 5.41) is 13.6. The number of amides is 1. The number of hydrogen-bond donors (Lipinski definition) is 0. The van der Waals surface area contributed by atoms with Crippen molar-refractivity contribution in [1.82, 2.24) is 5.16 Å². The topological polar surface area (TPSA) is 73.4 Å². The molecule has 0 aliphatic carbocycles. The minimum Gasteiger partial charge on any atom is -0.365 e. The Morgan fingerprint density at radius 1 is 1.10 bits per heavy atom. The van der Waals surface area contributed by atoms with Crippen molar-refractivity contribution < 1.29 is 9.32 Å². The van der Waals surface area contributed by atoms with Crippen LogP contribution in [0.1, 0.15) is 23.1 Å². The van der Waals surface area contributed by atoms with Gasteiger partial charge in [-0.3, -0.25) is 9.69 Å². The Labute approximate surface area is 174 Å². The average Bonchev–Trinajstić information content (AvgIpc) is 3.24. The highest BCUT2D eigenvalue weighted by Crippen LogP contribution is 2.47. The molecule has 0 N–H and O–H groups in total. The van der Waals surface area contributed by atoms with Crippen LogP contribution >= 0.6 is 0 Å². The molecule has 0 bridgehead atoms. The second-order valence-corrected chi connectivity index (χ2v) is 7.72. The predicted octanol–water partition coefficient (Wildman–Crippen LogP) is 4.31. The molecular formula is C24H20N4O2. The molecule has 2 atom stereocenters. The lowest BCUT2D eigenvalue weighted by Crippen LogP contribution is -2.46. The van der Waals surface area contributed by atoms with Crippen molar-refractivity contribution in [2.24, 2.45) is 0 Å². The first-order valence-electron chi connectivity index (χ1n) is 9.82. The van der Waals surface area contributed by atoms with E-state index in [-0.39, 0.29) is 23.6 Å². The Morgan fingerprint density at radius 3 is 2.50 bits per heavy atom. The van der Waals surface area contributed by atoms with Gasteiger partial charge in [0, 0.05) is 29.5 Å². The lowest BCUT2D eigenvalue weighted by Gasteiger charge is -2.37. The first kappa shape index (κ1) is 18.2. The van der Waals surface area contributed by atoms with Gasteiger partial charge in [0.25, 0.3) is 5.91 Å². The summed E-state index contributed by atoms with van der Waals surface area (Å²) in [4.78, 5) is 17.1. The van der Waals surface area contributed by atoms with E-state index < -0.39 is 0 Å². The SMILES string of the molecule is Cc1noc(C)c1-c1ccc(N2C(=O)C(C#N)=CC3C2c2ccccc2N3C)cc1. The van der Waals surface area contributed by atoms with Crippen molar-refractivity contribution in [3.05, 3.63) is 77.2 Å². The van der Waals surface area contributed by atoms with Gasteiger partial charge >= 0.3 is 0 Å². The summed E-state index contributed by atoms with van der Waals surface area (Å²) in [6, 6.07) is 17.7. The maximum absolute atomic E-state index is 13.2. The van der Waals surface area contributed by atoms with Crippen LogP contribution in [0.3, 0.4) is 0 Å². The van der Waals surface area contributed by atoms with E-state index in [0.717, 1.165) is 39.5 Å². The summed E-state index contributed by atoms with van der Waals surface area (Å²) in [6.07, 6.45) is 1.79. The largest absolute Gasteiger partial charge is 0.365 e. The molecule has 148 valence electrons. The standard InChI is InChI=1S/C24H20N4O2/c1-14-22(15(2)30-26-14)16-8-10-18(11-9-16)28-23-19-6-4-5-7-20(19)27(3)21(23)12-17(13-25)24(28)29/h4-12,21,23H,1-3H3. The van der Waals surface area contributed by atoms with Crippen LogP contribution in [-0.4, -0.2) is 24.2 Å². The summed E-state index contributed by atoms with van der Waals surface area (Å²) in [7, 11) is 2.00. The zero-order valence-electron chi connectivity index (χ0n) is 17.0. The van der Waals surface area contributed by atoms with E-state index in [1.54, 1.807) is 11.0 Å². The van der Waals surface area contributed by atoms with E-state index >= 15 is 0 Å². The molecule has 2 unspecified atom stereocenters. The van der Waals surface area contributed by atoms with Crippen LogP contribution in [0.2, 0.25) is 0 Å². The minimum atomic E-state index is -0.269. The number of rotatable bonds is 2. The Bertz CT molecular complexity index is 1210. The summed E-state index contributed by atoms with van der Waals surface area (Å²) < 4.78 is 5.29. The number of nitriles is 1. The van der Waals surface area contributed by atoms with Crippen molar-refractivity contribution in [3.8, 4) is 17.2 Å². The van der Waals surface area contributed by atoms with Gasteiger partial charge in [0.05, 0.1) is 17.8 Å². The summed E-state index contributed by atoms with van der Waals surface area (Å²) in [6.45, 7) is 3.80. The molecule has 3 aromatic rings. The molecule has 0 saturated heterocycles. The molecule has 2 aliphatic rings. The maximum atomic E-state index is 13.2. The number of anilines is 2. The smallest absolute Gasteiger partial charge is 0.269 e. The fourth-order valence-corrected chi connectivity index (χ4v) is 4.65. The van der Waals surface area contributed by atoms with E-state index in [1.165, 1.54) is 0 Å². The molecule has 0 radical (unpaired) electrons. The monoisotopic (exact) mass is 396 g/mol. The van der Waals surface area contributed by atoms with Crippen LogP contribution in [-0.2, 0) is 4.79 Å². The quantitative estimate of drug-likeness (QED) is 0.645. The number of hydrogen-bond acceptors (Lipinski definition) is 5. The lowest BCUT2D eigenvalue weighted by atomic mass is 9.93. The number of nitrogens with zero attached hydrogens (tertiary/aromatic N) is 4. The van der Waals surface area contributed by atoms with E-state index in [1.807, 2.05) is 57.3 Å². The molecule has 6 nitrogen and oxygen atoms in total. The Morgan fingerprint density at radius 2 is 1.83 bits per heavy atom. The summed E-state index contributed by atoms with van der Waals surface area (Å²) in [5.74, 6) is 0.490. The van der Waals surface area contributed by atoms with E-state index in [0.29, 0.717) is 0 Å². The molecular weight excluding hydrogens is 376 g/mol. The highest BCUT2D eigenvalue weighted by atomic mass is 16.5. The zero-order chi connectivity index (χ0) is 21.0. The van der Waals surface area contributed by atoms with Crippen molar-refractivity contribution >= 4 is 17.3 Å². The third kappa shape index (κ3) is 2.49. The second kappa shape index (κ2) is 6.60. The van der Waals surface area contributed by atoms with E-state index in [4.69, 9.17) is 4.52 Å². The van der Waals surface area contributed by atoms with Crippen molar-refractivity contribution in [1.29, 1.82) is 5.26 Å². The molecule has 1 amide bonds. The Kier molecular flexibility index (Phi) is 4.00. The third-order valence-corrected chi connectivity index (χ3v) is 6.06. The van der Waals surface area contributed by atoms with Crippen LogP contribution < -0.4 is 9.80 Å². The molecule has 0 fully saturated rings. The molecule has 2 aliphatic heterocycles. The molecule has 2 aromatic carbocycles. The fraction of sp³-hybridized carbons (Fsp3) is 0.208. The second-order valence-electron chi connectivity index (χ2n) is 7.72. The van der Waals surface area contributed by atoms with Crippen LogP contribution in [0.15, 0.2) is 64.7 Å². The summed E-state index contributed by atoms with van der Waals surface area (Å²) in [5.41, 5.74) is 5.87. The van der Waals surface area contributed by atoms with Crippen molar-refractivity contribution in [2.45, 2.75) is 25.9 Å². The molecule has 3 heterocycles. The van der Waals surface area contributed by atoms with Gasteiger partial charge in [-0.2, -0.15) is 5.26 Å². The van der Waals surface area contributed by atoms with Crippen LogP contribution in [0.5, 0.6) is 0 Å². The number of fused-ring (bicyclic) bond motifs is 3. The predicted molar refractivity (Wildman–Crippen MR) is 114 cm³/mol. The number of carbonyl (C=O) groups excluding carboxylic acids is 1. The van der Waals surface area contributed by atoms with Gasteiger partial charge in [0.2, 0.25) is 0 Å². The van der Waals surface area contributed by atoms with Crippen molar-refractivity contribution in [3.63, 3.8) is 0 Å². The number of likely N-dealkylation sites (N-methyl/N-ethyl adjacent to an activating group) is 1. The number of aryl methyl sites for hydroxylation is 2. The molecule has 1 aromatic heterocycles. The third-order valence-electron chi connectivity index (χ3n) is 6.06. The summed E-state index contributed by atoms with van der Waals surface area (Å²) >= 11 is 0. The molecule has 6 heteroatoms. The van der Waals surface area contributed by atoms with Gasteiger partial charge in [0.1, 0.15) is 17.4 Å². The normalized spacial score (nSPS) is 19.9. The number of carbonyl (C=O) groups is 1. The molecule has 5 rings (SSSR count). The fourth-order valence-electron chi connectivity index (χ4n) is 4.65. The molecule has 0 spiro atoms. The highest BCUT2D eigenvalue weighted by molar-refractivity contribution is 6.10. The van der Waals surface area contributed by atoms with Gasteiger partial charge < -0.3 is 9.42 Å². The highest BCUT2D eigenvalue weighted by Gasteiger charge is 2.45. The van der Waals surface area contributed by atoms with Gasteiger partial charge in [-0.1, -0.05) is 35.5 Å². The minimum absolute atomic E-state index is 0.0861. The maximum Gasteiger partial charge on any atom is 0.269 e. The zero-order valence-corrected chi connectivity index (χ0v) is 17.0. The van der Waals surface area contributed by atoms with Crippen LogP contribution in [0.25, 0.3) is 11.1 Å². The van der Waals surface area contributed by atoms with Gasteiger partial charge in [-0.15, -0.1) is 0 Å². The van der Waals surface area contributed by atoms with Crippen LogP contribution in [0, 0.1) is 25.2 Å². The Balaban J connectivity index is 1.62. The van der Waals surface area contributed by atoms with Gasteiger partial charge in [0.15, 0.2) is 0 Å². The lowest BCUT2D eigenvalue weighted by molar-refractivity contribution is -0.115. The first-order valence-corrected chi connectivity index (χ1v) is 9.82. The van der Waals surface area contributed by atoms with Crippen LogP contribution in [0.4, 0.5) is 11.4 Å².